The number of ether oxygens (including phenoxy) is 3. The molecule has 0 spiro atoms. The zero-order valence-corrected chi connectivity index (χ0v) is 21.9. The van der Waals surface area contributed by atoms with E-state index < -0.39 is 17.8 Å². The first-order chi connectivity index (χ1) is 18.5. The molecule has 38 heavy (non-hydrogen) atoms. The second-order valence-electron chi connectivity index (χ2n) is 8.52. The van der Waals surface area contributed by atoms with Crippen LogP contribution in [0.15, 0.2) is 96.4 Å². The van der Waals surface area contributed by atoms with Crippen molar-refractivity contribution in [2.24, 2.45) is 0 Å². The van der Waals surface area contributed by atoms with Gasteiger partial charge in [-0.3, -0.25) is 10.1 Å². The van der Waals surface area contributed by atoms with Gasteiger partial charge in [-0.15, -0.1) is 0 Å². The molecule has 0 saturated carbocycles. The highest BCUT2D eigenvalue weighted by Gasteiger charge is 2.38. The van der Waals surface area contributed by atoms with Crippen LogP contribution >= 0.6 is 23.2 Å². The van der Waals surface area contributed by atoms with E-state index in [2.05, 4.69) is 5.32 Å². The maximum absolute atomic E-state index is 13.4. The van der Waals surface area contributed by atoms with E-state index in [1.165, 1.54) is 6.07 Å². The van der Waals surface area contributed by atoms with Gasteiger partial charge < -0.3 is 14.2 Å². The molecule has 1 N–H and O–H groups in total. The predicted octanol–water partition coefficient (Wildman–Crippen LogP) is 6.64. The van der Waals surface area contributed by atoms with Crippen molar-refractivity contribution in [1.82, 2.24) is 5.32 Å². The van der Waals surface area contributed by atoms with E-state index in [0.29, 0.717) is 15.8 Å². The average molecular weight is 548 g/mol. The summed E-state index contributed by atoms with van der Waals surface area (Å²) in [4.78, 5) is 26.4. The molecule has 4 aromatic carbocycles. The number of carbonyl (C=O) groups excluding carboxylic acids is 2. The van der Waals surface area contributed by atoms with Crippen LogP contribution in [0.5, 0.6) is 11.5 Å². The first-order valence-electron chi connectivity index (χ1n) is 12.0. The lowest BCUT2D eigenvalue weighted by atomic mass is 9.80. The Labute approximate surface area is 229 Å². The average Bonchev–Trinajstić information content (AvgIpc) is 2.93. The number of amides is 1. The first-order valence-corrected chi connectivity index (χ1v) is 12.7. The van der Waals surface area contributed by atoms with Crippen LogP contribution in [-0.4, -0.2) is 25.1 Å². The van der Waals surface area contributed by atoms with Gasteiger partial charge in [0.2, 0.25) is 5.88 Å². The third-order valence-corrected chi connectivity index (χ3v) is 6.65. The van der Waals surface area contributed by atoms with Crippen molar-refractivity contribution in [1.29, 1.82) is 0 Å². The molecular weight excluding hydrogens is 525 g/mol. The molecule has 0 bridgehead atoms. The number of benzene rings is 4. The Kier molecular flexibility index (Phi) is 7.54. The normalized spacial score (nSPS) is 14.4. The number of carbonyl (C=O) groups is 2. The molecule has 1 amide bonds. The number of hydrogen-bond acceptors (Lipinski definition) is 5. The number of esters is 1. The van der Waals surface area contributed by atoms with Gasteiger partial charge in [-0.25, -0.2) is 4.79 Å². The molecule has 1 atom stereocenters. The van der Waals surface area contributed by atoms with Gasteiger partial charge in [-0.05, 0) is 41.5 Å². The minimum atomic E-state index is -0.589. The zero-order valence-electron chi connectivity index (χ0n) is 20.4. The summed E-state index contributed by atoms with van der Waals surface area (Å²) in [5.74, 6) is -0.908. The molecular formula is C30H23Cl2NO5. The Balaban J connectivity index is 1.57. The quantitative estimate of drug-likeness (QED) is 0.262. The topological polar surface area (TPSA) is 73.9 Å². The number of hydrogen-bond donors (Lipinski definition) is 1. The predicted molar refractivity (Wildman–Crippen MR) is 147 cm³/mol. The molecule has 1 aliphatic heterocycles. The van der Waals surface area contributed by atoms with E-state index in [9.17, 15) is 9.59 Å². The van der Waals surface area contributed by atoms with Gasteiger partial charge in [0.05, 0.1) is 17.5 Å². The van der Waals surface area contributed by atoms with Crippen LogP contribution in [0.3, 0.4) is 0 Å². The molecule has 5 rings (SSSR count). The van der Waals surface area contributed by atoms with E-state index in [-0.39, 0.29) is 30.4 Å². The van der Waals surface area contributed by atoms with Gasteiger partial charge >= 0.3 is 5.97 Å². The highest BCUT2D eigenvalue weighted by atomic mass is 35.5. The Hall–Kier alpha value is -4.00. The van der Waals surface area contributed by atoms with E-state index in [1.54, 1.807) is 19.1 Å². The third kappa shape index (κ3) is 5.19. The molecule has 0 aliphatic carbocycles. The van der Waals surface area contributed by atoms with Gasteiger partial charge in [0.25, 0.3) is 5.91 Å². The highest BCUT2D eigenvalue weighted by Crippen LogP contribution is 2.46. The molecule has 1 aliphatic rings. The van der Waals surface area contributed by atoms with Crippen LogP contribution in [0.4, 0.5) is 0 Å². The fourth-order valence-corrected chi connectivity index (χ4v) is 4.82. The van der Waals surface area contributed by atoms with Crippen molar-refractivity contribution >= 4 is 45.9 Å². The molecule has 0 fully saturated rings. The summed E-state index contributed by atoms with van der Waals surface area (Å²) < 4.78 is 17.2. The number of fused-ring (bicyclic) bond motifs is 3. The second-order valence-corrected chi connectivity index (χ2v) is 9.36. The Morgan fingerprint density at radius 2 is 1.71 bits per heavy atom. The molecule has 6 nitrogen and oxygen atoms in total. The minimum absolute atomic E-state index is 0.00845. The van der Waals surface area contributed by atoms with Gasteiger partial charge in [0.15, 0.2) is 6.61 Å². The number of halogens is 2. The van der Waals surface area contributed by atoms with Gasteiger partial charge in [-0.1, -0.05) is 83.9 Å². The van der Waals surface area contributed by atoms with Crippen molar-refractivity contribution in [3.05, 3.63) is 118 Å². The summed E-state index contributed by atoms with van der Waals surface area (Å²) in [6.45, 7) is 1.50. The zero-order chi connectivity index (χ0) is 26.6. The lowest BCUT2D eigenvalue weighted by molar-refractivity contribution is -0.139. The lowest BCUT2D eigenvalue weighted by Crippen LogP contribution is -2.36. The maximum atomic E-state index is 13.4. The largest absolute Gasteiger partial charge is 0.482 e. The highest BCUT2D eigenvalue weighted by molar-refractivity contribution is 6.34. The van der Waals surface area contributed by atoms with Crippen molar-refractivity contribution in [3.63, 3.8) is 0 Å². The molecule has 192 valence electrons. The second kappa shape index (κ2) is 11.2. The molecule has 0 saturated heterocycles. The third-order valence-electron chi connectivity index (χ3n) is 6.10. The molecule has 1 unspecified atom stereocenters. The first kappa shape index (κ1) is 25.6. The van der Waals surface area contributed by atoms with Crippen molar-refractivity contribution in [2.75, 3.05) is 13.2 Å². The fourth-order valence-electron chi connectivity index (χ4n) is 4.49. The van der Waals surface area contributed by atoms with Crippen LogP contribution in [0, 0.1) is 0 Å². The molecule has 4 aromatic rings. The summed E-state index contributed by atoms with van der Waals surface area (Å²) in [7, 11) is 0. The van der Waals surface area contributed by atoms with Crippen LogP contribution in [0.25, 0.3) is 10.8 Å². The summed E-state index contributed by atoms with van der Waals surface area (Å²) >= 11 is 12.2. The van der Waals surface area contributed by atoms with E-state index in [1.807, 2.05) is 66.7 Å². The smallest absolute Gasteiger partial charge is 0.340 e. The Morgan fingerprint density at radius 1 is 0.947 bits per heavy atom. The van der Waals surface area contributed by atoms with Gasteiger partial charge in [0, 0.05) is 16.7 Å². The van der Waals surface area contributed by atoms with Crippen LogP contribution in [0.2, 0.25) is 10.0 Å². The van der Waals surface area contributed by atoms with Crippen molar-refractivity contribution < 1.29 is 23.8 Å². The minimum Gasteiger partial charge on any atom is -0.482 e. The molecule has 8 heteroatoms. The van der Waals surface area contributed by atoms with Crippen LogP contribution < -0.4 is 14.8 Å². The number of rotatable bonds is 7. The van der Waals surface area contributed by atoms with Gasteiger partial charge in [-0.2, -0.15) is 0 Å². The Morgan fingerprint density at radius 3 is 2.50 bits per heavy atom. The Bertz CT molecular complexity index is 1550. The molecule has 1 heterocycles. The van der Waals surface area contributed by atoms with E-state index in [4.69, 9.17) is 37.4 Å². The maximum Gasteiger partial charge on any atom is 0.340 e. The molecule has 0 aromatic heterocycles. The van der Waals surface area contributed by atoms with Crippen LogP contribution in [-0.2, 0) is 14.3 Å². The standard InChI is InChI=1S/C30H23Cl2NO5/c1-2-36-30(35)28-26(19-9-4-3-5-10-19)27-21-11-7-6-8-18(21)12-15-23(27)38-29(28)33-25(34)17-37-24-16-20(31)13-14-22(24)32/h3-16,26H,2,17H2,1H3,(H,33,34). The SMILES string of the molecule is CCOC(=O)C1=C(NC(=O)COc2cc(Cl)ccc2Cl)Oc2ccc3ccccc3c2C1c1ccccc1. The van der Waals surface area contributed by atoms with E-state index >= 15 is 0 Å². The summed E-state index contributed by atoms with van der Waals surface area (Å²) in [5.41, 5.74) is 1.86. The monoisotopic (exact) mass is 547 g/mol. The van der Waals surface area contributed by atoms with Crippen molar-refractivity contribution in [2.45, 2.75) is 12.8 Å². The summed E-state index contributed by atoms with van der Waals surface area (Å²) in [6.07, 6.45) is 0. The number of nitrogens with one attached hydrogen (secondary N) is 1. The van der Waals surface area contributed by atoms with Crippen LogP contribution in [0.1, 0.15) is 24.0 Å². The van der Waals surface area contributed by atoms with Gasteiger partial charge in [0.1, 0.15) is 17.1 Å². The molecule has 0 radical (unpaired) electrons. The van der Waals surface area contributed by atoms with E-state index in [0.717, 1.165) is 21.9 Å². The van der Waals surface area contributed by atoms with Crippen molar-refractivity contribution in [3.8, 4) is 11.5 Å². The summed E-state index contributed by atoms with van der Waals surface area (Å²) in [5, 5.41) is 5.38. The lowest BCUT2D eigenvalue weighted by Gasteiger charge is -2.31. The summed E-state index contributed by atoms with van der Waals surface area (Å²) in [6, 6.07) is 26.0. The fraction of sp³-hybridized carbons (Fsp3) is 0.133.